The summed E-state index contributed by atoms with van der Waals surface area (Å²) in [4.78, 5) is 20.2. The summed E-state index contributed by atoms with van der Waals surface area (Å²) in [5, 5.41) is 14.1. The Labute approximate surface area is 178 Å². The van der Waals surface area contributed by atoms with Crippen LogP contribution in [0, 0.1) is 5.92 Å². The Morgan fingerprint density at radius 2 is 1.93 bits per heavy atom. The standard InChI is InChI=1S/C24H30N4O2/c1-4-5-14-28-23(26-22(27-28)11-6-17(2)3)15-18-7-9-19(10-8-18)20-12-13-25-16-21(20)24(29)30/h7-10,12-13,16-17H,4-6,11,14-15H2,1-3H3,(H,29,30). The fourth-order valence-electron chi connectivity index (χ4n) is 3.37. The molecule has 158 valence electrons. The fourth-order valence-corrected chi connectivity index (χ4v) is 3.37. The Balaban J connectivity index is 1.80. The van der Waals surface area contributed by atoms with E-state index in [4.69, 9.17) is 10.1 Å². The average Bonchev–Trinajstić information content (AvgIpc) is 3.12. The lowest BCUT2D eigenvalue weighted by Gasteiger charge is -2.08. The maximum absolute atomic E-state index is 11.5. The van der Waals surface area contributed by atoms with Gasteiger partial charge in [-0.2, -0.15) is 5.10 Å². The molecule has 0 aliphatic heterocycles. The van der Waals surface area contributed by atoms with Gasteiger partial charge in [0.2, 0.25) is 0 Å². The fraction of sp³-hybridized carbons (Fsp3) is 0.417. The highest BCUT2D eigenvalue weighted by molar-refractivity contribution is 5.95. The van der Waals surface area contributed by atoms with Crippen molar-refractivity contribution in [1.29, 1.82) is 0 Å². The molecule has 0 saturated carbocycles. The minimum atomic E-state index is -0.972. The molecule has 0 bridgehead atoms. The quantitative estimate of drug-likeness (QED) is 0.511. The molecule has 0 unspecified atom stereocenters. The summed E-state index contributed by atoms with van der Waals surface area (Å²) in [5.41, 5.74) is 2.87. The van der Waals surface area contributed by atoms with Crippen LogP contribution in [0.1, 0.15) is 67.6 Å². The van der Waals surface area contributed by atoms with Crippen molar-refractivity contribution < 1.29 is 9.90 Å². The van der Waals surface area contributed by atoms with Crippen molar-refractivity contribution in [3.05, 3.63) is 65.5 Å². The molecule has 0 amide bonds. The maximum atomic E-state index is 11.5. The zero-order valence-electron chi connectivity index (χ0n) is 18.0. The third-order valence-corrected chi connectivity index (χ3v) is 5.14. The molecule has 6 heteroatoms. The number of aromatic nitrogens is 4. The highest BCUT2D eigenvalue weighted by atomic mass is 16.4. The lowest BCUT2D eigenvalue weighted by molar-refractivity contribution is 0.0697. The van der Waals surface area contributed by atoms with Crippen molar-refractivity contribution in [3.63, 3.8) is 0 Å². The number of pyridine rings is 1. The highest BCUT2D eigenvalue weighted by Crippen LogP contribution is 2.24. The van der Waals surface area contributed by atoms with E-state index in [0.29, 0.717) is 17.9 Å². The number of nitrogens with zero attached hydrogens (tertiary/aromatic N) is 4. The van der Waals surface area contributed by atoms with Crippen molar-refractivity contribution in [1.82, 2.24) is 19.7 Å². The topological polar surface area (TPSA) is 80.9 Å². The molecule has 30 heavy (non-hydrogen) atoms. The molecule has 0 aliphatic carbocycles. The van der Waals surface area contributed by atoms with E-state index in [-0.39, 0.29) is 5.56 Å². The summed E-state index contributed by atoms with van der Waals surface area (Å²) in [7, 11) is 0. The lowest BCUT2D eigenvalue weighted by atomic mass is 10.00. The summed E-state index contributed by atoms with van der Waals surface area (Å²) >= 11 is 0. The summed E-state index contributed by atoms with van der Waals surface area (Å²) in [6.45, 7) is 7.50. The number of hydrogen-bond donors (Lipinski definition) is 1. The van der Waals surface area contributed by atoms with Crippen LogP contribution >= 0.6 is 0 Å². The van der Waals surface area contributed by atoms with E-state index < -0.39 is 5.97 Å². The third-order valence-electron chi connectivity index (χ3n) is 5.14. The summed E-state index contributed by atoms with van der Waals surface area (Å²) in [6, 6.07) is 9.73. The first-order valence-electron chi connectivity index (χ1n) is 10.7. The number of carboxylic acid groups (broad SMARTS) is 1. The number of aromatic carboxylic acids is 1. The van der Waals surface area contributed by atoms with Gasteiger partial charge in [0.15, 0.2) is 5.82 Å². The van der Waals surface area contributed by atoms with Crippen molar-refractivity contribution in [2.24, 2.45) is 5.92 Å². The smallest absolute Gasteiger partial charge is 0.337 e. The van der Waals surface area contributed by atoms with Gasteiger partial charge in [-0.15, -0.1) is 0 Å². The minimum absolute atomic E-state index is 0.208. The molecule has 0 radical (unpaired) electrons. The Kier molecular flexibility index (Phi) is 7.33. The van der Waals surface area contributed by atoms with E-state index in [1.807, 2.05) is 24.3 Å². The predicted octanol–water partition coefficient (Wildman–Crippen LogP) is 5.02. The van der Waals surface area contributed by atoms with Crippen LogP contribution in [0.4, 0.5) is 0 Å². The Hall–Kier alpha value is -3.02. The van der Waals surface area contributed by atoms with E-state index in [1.165, 1.54) is 6.20 Å². The maximum Gasteiger partial charge on any atom is 0.337 e. The minimum Gasteiger partial charge on any atom is -0.478 e. The Bertz CT molecular complexity index is 977. The zero-order valence-corrected chi connectivity index (χ0v) is 18.0. The molecule has 0 spiro atoms. The molecular formula is C24H30N4O2. The van der Waals surface area contributed by atoms with Gasteiger partial charge in [-0.3, -0.25) is 4.98 Å². The monoisotopic (exact) mass is 406 g/mol. The van der Waals surface area contributed by atoms with Gasteiger partial charge >= 0.3 is 5.97 Å². The Morgan fingerprint density at radius 1 is 1.17 bits per heavy atom. The molecule has 2 heterocycles. The molecular weight excluding hydrogens is 376 g/mol. The largest absolute Gasteiger partial charge is 0.478 e. The number of carbonyl (C=O) groups is 1. The van der Waals surface area contributed by atoms with Crippen LogP contribution in [0.2, 0.25) is 0 Å². The van der Waals surface area contributed by atoms with Crippen molar-refractivity contribution in [3.8, 4) is 11.1 Å². The van der Waals surface area contributed by atoms with E-state index in [0.717, 1.165) is 55.0 Å². The second kappa shape index (κ2) is 10.1. The van der Waals surface area contributed by atoms with Crippen LogP contribution in [0.15, 0.2) is 42.7 Å². The van der Waals surface area contributed by atoms with Crippen LogP contribution < -0.4 is 0 Å². The van der Waals surface area contributed by atoms with Gasteiger partial charge < -0.3 is 5.11 Å². The molecule has 0 aliphatic rings. The second-order valence-electron chi connectivity index (χ2n) is 8.05. The molecule has 3 rings (SSSR count). The van der Waals surface area contributed by atoms with Crippen molar-refractivity contribution >= 4 is 5.97 Å². The lowest BCUT2D eigenvalue weighted by Crippen LogP contribution is -2.06. The third kappa shape index (κ3) is 5.53. The van der Waals surface area contributed by atoms with Crippen LogP contribution in [-0.4, -0.2) is 30.8 Å². The van der Waals surface area contributed by atoms with Gasteiger partial charge in [0.25, 0.3) is 0 Å². The van der Waals surface area contributed by atoms with E-state index in [1.54, 1.807) is 12.3 Å². The summed E-state index contributed by atoms with van der Waals surface area (Å²) in [6.07, 6.45) is 7.91. The number of carboxylic acids is 1. The number of rotatable bonds is 10. The van der Waals surface area contributed by atoms with Crippen molar-refractivity contribution in [2.45, 2.75) is 59.4 Å². The molecule has 3 aromatic rings. The van der Waals surface area contributed by atoms with Gasteiger partial charge in [0.05, 0.1) is 5.56 Å². The molecule has 1 aromatic carbocycles. The molecule has 0 atom stereocenters. The van der Waals surface area contributed by atoms with Crippen LogP contribution in [0.25, 0.3) is 11.1 Å². The second-order valence-corrected chi connectivity index (χ2v) is 8.05. The number of aryl methyl sites for hydroxylation is 2. The van der Waals surface area contributed by atoms with Gasteiger partial charge in [0.1, 0.15) is 5.82 Å². The first-order valence-corrected chi connectivity index (χ1v) is 10.7. The molecule has 2 aromatic heterocycles. The van der Waals surface area contributed by atoms with E-state index in [2.05, 4.69) is 30.4 Å². The summed E-state index contributed by atoms with van der Waals surface area (Å²) in [5.74, 6) is 1.58. The zero-order chi connectivity index (χ0) is 21.5. The first-order chi connectivity index (χ1) is 14.5. The number of hydrogen-bond acceptors (Lipinski definition) is 4. The molecule has 0 saturated heterocycles. The van der Waals surface area contributed by atoms with Gasteiger partial charge in [-0.05, 0) is 41.5 Å². The van der Waals surface area contributed by atoms with E-state index in [9.17, 15) is 9.90 Å². The number of benzene rings is 1. The SMILES string of the molecule is CCCCn1nc(CCC(C)C)nc1Cc1ccc(-c2ccncc2C(=O)O)cc1. The summed E-state index contributed by atoms with van der Waals surface area (Å²) < 4.78 is 2.05. The normalized spacial score (nSPS) is 11.2. The van der Waals surface area contributed by atoms with Gasteiger partial charge in [0, 0.05) is 31.8 Å². The first kappa shape index (κ1) is 21.7. The molecule has 6 nitrogen and oxygen atoms in total. The van der Waals surface area contributed by atoms with Gasteiger partial charge in [-0.1, -0.05) is 51.5 Å². The van der Waals surface area contributed by atoms with Crippen LogP contribution in [-0.2, 0) is 19.4 Å². The molecule has 0 fully saturated rings. The van der Waals surface area contributed by atoms with Gasteiger partial charge in [-0.25, -0.2) is 14.5 Å². The number of unbranched alkanes of at least 4 members (excludes halogenated alkanes) is 1. The van der Waals surface area contributed by atoms with Crippen LogP contribution in [0.3, 0.4) is 0 Å². The Morgan fingerprint density at radius 3 is 2.60 bits per heavy atom. The van der Waals surface area contributed by atoms with E-state index >= 15 is 0 Å². The molecule has 1 N–H and O–H groups in total. The predicted molar refractivity (Wildman–Crippen MR) is 118 cm³/mol. The van der Waals surface area contributed by atoms with Crippen molar-refractivity contribution in [2.75, 3.05) is 0 Å². The highest BCUT2D eigenvalue weighted by Gasteiger charge is 2.13. The van der Waals surface area contributed by atoms with Crippen LogP contribution in [0.5, 0.6) is 0 Å². The average molecular weight is 407 g/mol.